The zero-order valence-corrected chi connectivity index (χ0v) is 12.9. The van der Waals surface area contributed by atoms with Crippen LogP contribution in [0.2, 0.25) is 0 Å². The minimum atomic E-state index is -0.291. The molecule has 118 valence electrons. The van der Waals surface area contributed by atoms with Gasteiger partial charge in [-0.05, 0) is 43.4 Å². The highest BCUT2D eigenvalue weighted by Gasteiger charge is 2.22. The van der Waals surface area contributed by atoms with E-state index < -0.39 is 0 Å². The molecule has 0 bridgehead atoms. The van der Waals surface area contributed by atoms with E-state index in [-0.39, 0.29) is 17.9 Å². The maximum absolute atomic E-state index is 8.85. The fourth-order valence-electron chi connectivity index (χ4n) is 2.00. The second-order valence-electron chi connectivity index (χ2n) is 5.79. The Balaban J connectivity index is 2.25. The van der Waals surface area contributed by atoms with Crippen molar-refractivity contribution in [1.82, 2.24) is 0 Å². The maximum Gasteiger partial charge on any atom is 0.144 e. The Morgan fingerprint density at radius 1 is 1.24 bits per heavy atom. The van der Waals surface area contributed by atoms with Crippen LogP contribution >= 0.6 is 0 Å². The van der Waals surface area contributed by atoms with Crippen LogP contribution in [-0.4, -0.2) is 29.4 Å². The summed E-state index contributed by atoms with van der Waals surface area (Å²) in [7, 11) is 0. The van der Waals surface area contributed by atoms with Crippen LogP contribution < -0.4 is 10.5 Å². The Hall–Kier alpha value is -1.75. The van der Waals surface area contributed by atoms with Crippen molar-refractivity contribution in [2.45, 2.75) is 39.5 Å². The molecular formula is C16H26N2O3. The van der Waals surface area contributed by atoms with Gasteiger partial charge in [-0.2, -0.15) is 0 Å². The molecule has 0 aliphatic carbocycles. The van der Waals surface area contributed by atoms with Crippen LogP contribution in [0.1, 0.15) is 38.7 Å². The molecule has 0 fully saturated rings. The Morgan fingerprint density at radius 3 is 2.48 bits per heavy atom. The van der Waals surface area contributed by atoms with Crippen LogP contribution in [0.3, 0.4) is 0 Å². The number of ether oxygens (including phenoxy) is 1. The standard InChI is InChI=1S/C16H26N2O3/c1-16(2,15(17)18-20)10-3-4-12-21-14-7-5-13(6-8-14)9-11-19/h5-8,19-20H,3-4,9-12H2,1-2H3,(H2,17,18). The molecule has 1 aromatic carbocycles. The van der Waals surface area contributed by atoms with Gasteiger partial charge in [-0.3, -0.25) is 0 Å². The molecule has 0 saturated carbocycles. The molecule has 0 amide bonds. The number of oxime groups is 1. The third kappa shape index (κ3) is 6.04. The minimum absolute atomic E-state index is 0.163. The molecule has 5 nitrogen and oxygen atoms in total. The number of nitrogens with two attached hydrogens (primary N) is 1. The topological polar surface area (TPSA) is 88.1 Å². The number of benzene rings is 1. The maximum atomic E-state index is 8.85. The smallest absolute Gasteiger partial charge is 0.144 e. The van der Waals surface area contributed by atoms with Gasteiger partial charge in [0.25, 0.3) is 0 Å². The predicted octanol–water partition coefficient (Wildman–Crippen LogP) is 2.54. The Kier molecular flexibility index (Phi) is 7.02. The average molecular weight is 294 g/mol. The first kappa shape index (κ1) is 17.3. The van der Waals surface area contributed by atoms with Crippen LogP contribution in [0.25, 0.3) is 0 Å². The van der Waals surface area contributed by atoms with Gasteiger partial charge in [0.2, 0.25) is 0 Å². The first-order valence-electron chi connectivity index (χ1n) is 7.30. The number of unbranched alkanes of at least 4 members (excludes halogenated alkanes) is 1. The number of aliphatic hydroxyl groups excluding tert-OH is 1. The van der Waals surface area contributed by atoms with Crippen LogP contribution in [0, 0.1) is 5.41 Å². The summed E-state index contributed by atoms with van der Waals surface area (Å²) in [5, 5.41) is 20.6. The lowest BCUT2D eigenvalue weighted by Crippen LogP contribution is -2.31. The molecule has 0 aliphatic heterocycles. The summed E-state index contributed by atoms with van der Waals surface area (Å²) in [6, 6.07) is 7.77. The third-order valence-corrected chi connectivity index (χ3v) is 3.59. The summed E-state index contributed by atoms with van der Waals surface area (Å²) < 4.78 is 5.67. The molecule has 4 N–H and O–H groups in total. The van der Waals surface area contributed by atoms with Gasteiger partial charge in [0.1, 0.15) is 11.6 Å². The normalized spacial score (nSPS) is 12.4. The summed E-state index contributed by atoms with van der Waals surface area (Å²) in [5.41, 5.74) is 6.46. The molecular weight excluding hydrogens is 268 g/mol. The van der Waals surface area contributed by atoms with E-state index in [1.165, 1.54) is 0 Å². The largest absolute Gasteiger partial charge is 0.494 e. The van der Waals surface area contributed by atoms with Gasteiger partial charge in [-0.25, -0.2) is 0 Å². The van der Waals surface area contributed by atoms with Crippen LogP contribution in [0.15, 0.2) is 29.4 Å². The quantitative estimate of drug-likeness (QED) is 0.215. The Bertz CT molecular complexity index is 441. The third-order valence-electron chi connectivity index (χ3n) is 3.59. The van der Waals surface area contributed by atoms with Crippen molar-refractivity contribution < 1.29 is 15.1 Å². The van der Waals surface area contributed by atoms with E-state index in [9.17, 15) is 0 Å². The summed E-state index contributed by atoms with van der Waals surface area (Å²) in [6.07, 6.45) is 3.39. The number of amidine groups is 1. The molecule has 0 aliphatic rings. The van der Waals surface area contributed by atoms with E-state index in [1.54, 1.807) is 0 Å². The fraction of sp³-hybridized carbons (Fsp3) is 0.562. The van der Waals surface area contributed by atoms with Gasteiger partial charge in [0.05, 0.1) is 6.61 Å². The van der Waals surface area contributed by atoms with E-state index in [2.05, 4.69) is 5.16 Å². The Labute approximate surface area is 126 Å². The molecule has 1 aromatic rings. The van der Waals surface area contributed by atoms with Crippen LogP contribution in [-0.2, 0) is 6.42 Å². The van der Waals surface area contributed by atoms with E-state index >= 15 is 0 Å². The highest BCUT2D eigenvalue weighted by molar-refractivity contribution is 5.85. The zero-order valence-electron chi connectivity index (χ0n) is 12.9. The summed E-state index contributed by atoms with van der Waals surface area (Å²) in [5.74, 6) is 1.11. The number of hydrogen-bond acceptors (Lipinski definition) is 4. The van der Waals surface area contributed by atoms with Crippen molar-refractivity contribution in [2.24, 2.45) is 16.3 Å². The molecule has 0 atom stereocenters. The lowest BCUT2D eigenvalue weighted by Gasteiger charge is -2.22. The molecule has 0 heterocycles. The van der Waals surface area contributed by atoms with Crippen LogP contribution in [0.5, 0.6) is 5.75 Å². The van der Waals surface area contributed by atoms with E-state index in [1.807, 2.05) is 38.1 Å². The SMILES string of the molecule is CC(C)(CCCCOc1ccc(CCO)cc1)/C(N)=N/O. The van der Waals surface area contributed by atoms with Gasteiger partial charge in [0.15, 0.2) is 0 Å². The molecule has 0 unspecified atom stereocenters. The summed E-state index contributed by atoms with van der Waals surface area (Å²) in [4.78, 5) is 0. The molecule has 0 saturated heterocycles. The summed E-state index contributed by atoms with van der Waals surface area (Å²) >= 11 is 0. The lowest BCUT2D eigenvalue weighted by atomic mass is 9.86. The van der Waals surface area contributed by atoms with Gasteiger partial charge >= 0.3 is 0 Å². The van der Waals surface area contributed by atoms with Crippen molar-refractivity contribution >= 4 is 5.84 Å². The first-order chi connectivity index (χ1) is 9.99. The second kappa shape index (κ2) is 8.52. The van der Waals surface area contributed by atoms with E-state index in [4.69, 9.17) is 20.8 Å². The van der Waals surface area contributed by atoms with Gasteiger partial charge in [-0.1, -0.05) is 31.1 Å². The number of nitrogens with zero attached hydrogens (tertiary/aromatic N) is 1. The van der Waals surface area contributed by atoms with Crippen molar-refractivity contribution in [3.05, 3.63) is 29.8 Å². The highest BCUT2D eigenvalue weighted by atomic mass is 16.5. The minimum Gasteiger partial charge on any atom is -0.494 e. The van der Waals surface area contributed by atoms with Crippen molar-refractivity contribution in [2.75, 3.05) is 13.2 Å². The monoisotopic (exact) mass is 294 g/mol. The van der Waals surface area contributed by atoms with Gasteiger partial charge in [0, 0.05) is 12.0 Å². The van der Waals surface area contributed by atoms with Crippen molar-refractivity contribution in [1.29, 1.82) is 0 Å². The van der Waals surface area contributed by atoms with Crippen molar-refractivity contribution in [3.63, 3.8) is 0 Å². The van der Waals surface area contributed by atoms with Gasteiger partial charge in [-0.15, -0.1) is 0 Å². The number of aliphatic hydroxyl groups is 1. The Morgan fingerprint density at radius 2 is 1.90 bits per heavy atom. The molecule has 21 heavy (non-hydrogen) atoms. The highest BCUT2D eigenvalue weighted by Crippen LogP contribution is 2.23. The summed E-state index contributed by atoms with van der Waals surface area (Å²) in [6.45, 7) is 4.73. The molecule has 0 spiro atoms. The van der Waals surface area contributed by atoms with Gasteiger partial charge < -0.3 is 20.8 Å². The van der Waals surface area contributed by atoms with Crippen LogP contribution in [0.4, 0.5) is 0 Å². The number of hydrogen-bond donors (Lipinski definition) is 3. The first-order valence-corrected chi connectivity index (χ1v) is 7.30. The van der Waals surface area contributed by atoms with E-state index in [0.717, 1.165) is 30.6 Å². The zero-order chi connectivity index (χ0) is 15.7. The fourth-order valence-corrected chi connectivity index (χ4v) is 2.00. The molecule has 1 rings (SSSR count). The lowest BCUT2D eigenvalue weighted by molar-refractivity contribution is 0.288. The van der Waals surface area contributed by atoms with Crippen molar-refractivity contribution in [3.8, 4) is 5.75 Å². The molecule has 0 aromatic heterocycles. The second-order valence-corrected chi connectivity index (χ2v) is 5.79. The predicted molar refractivity (Wildman–Crippen MR) is 83.8 cm³/mol. The molecule has 5 heteroatoms. The molecule has 0 radical (unpaired) electrons. The average Bonchev–Trinajstić information content (AvgIpc) is 2.48. The number of rotatable bonds is 9. The van der Waals surface area contributed by atoms with E-state index in [0.29, 0.717) is 13.0 Å².